The Morgan fingerprint density at radius 1 is 1.11 bits per heavy atom. The van der Waals surface area contributed by atoms with E-state index in [1.807, 2.05) is 7.05 Å². The van der Waals surface area contributed by atoms with Gasteiger partial charge in [-0.3, -0.25) is 9.38 Å². The van der Waals surface area contributed by atoms with Crippen molar-refractivity contribution < 1.29 is 0 Å². The summed E-state index contributed by atoms with van der Waals surface area (Å²) in [5.74, 6) is 0. The molecule has 3 nitrogen and oxygen atoms in total. The normalized spacial score (nSPS) is 18.4. The Balaban J connectivity index is 0.00000144. The first-order valence-electron chi connectivity index (χ1n) is 5.96. The minimum Gasteiger partial charge on any atom is -0.383 e. The fourth-order valence-corrected chi connectivity index (χ4v) is 2.40. The Labute approximate surface area is 123 Å². The second-order valence-corrected chi connectivity index (χ2v) is 4.91. The van der Waals surface area contributed by atoms with Gasteiger partial charge in [-0.15, -0.1) is 24.8 Å². The zero-order chi connectivity index (χ0) is 11.6. The lowest BCUT2D eigenvalue weighted by Gasteiger charge is -2.41. The highest BCUT2D eigenvalue weighted by molar-refractivity contribution is 5.85. The van der Waals surface area contributed by atoms with E-state index in [2.05, 4.69) is 48.6 Å². The molecule has 0 unspecified atom stereocenters. The van der Waals surface area contributed by atoms with Gasteiger partial charge in [-0.2, -0.15) is 0 Å². The number of nitrogens with one attached hydrogen (secondary N) is 1. The molecule has 0 radical (unpaired) electrons. The molecule has 1 aliphatic heterocycles. The highest BCUT2D eigenvalue weighted by Crippen LogP contribution is 2.30. The summed E-state index contributed by atoms with van der Waals surface area (Å²) in [6.45, 7) is 4.73. The SMILES string of the molecule is CNc1ccccc1[N+]1(C)CCN(C)CC1.Cl.Cl. The molecule has 1 aliphatic rings. The number of quaternary nitrogens is 1. The molecule has 104 valence electrons. The molecular formula is C13H24Cl2N3+. The lowest BCUT2D eigenvalue weighted by Crippen LogP contribution is -2.57. The van der Waals surface area contributed by atoms with Crippen LogP contribution in [0.4, 0.5) is 11.4 Å². The molecule has 0 aliphatic carbocycles. The molecule has 1 aromatic carbocycles. The number of piperazine rings is 1. The van der Waals surface area contributed by atoms with Gasteiger partial charge in [0.1, 0.15) is 0 Å². The number of halogens is 2. The van der Waals surface area contributed by atoms with E-state index < -0.39 is 0 Å². The summed E-state index contributed by atoms with van der Waals surface area (Å²) in [5, 5.41) is 3.30. The van der Waals surface area contributed by atoms with Gasteiger partial charge in [0.2, 0.25) is 0 Å². The minimum absolute atomic E-state index is 0. The molecule has 0 aromatic heterocycles. The predicted molar refractivity (Wildman–Crippen MR) is 85.4 cm³/mol. The van der Waals surface area contributed by atoms with Gasteiger partial charge in [0.05, 0.1) is 25.8 Å². The van der Waals surface area contributed by atoms with Gasteiger partial charge in [-0.1, -0.05) is 12.1 Å². The van der Waals surface area contributed by atoms with E-state index in [4.69, 9.17) is 0 Å². The molecule has 0 amide bonds. The van der Waals surface area contributed by atoms with Crippen LogP contribution < -0.4 is 9.80 Å². The molecule has 1 fully saturated rings. The van der Waals surface area contributed by atoms with E-state index in [0.29, 0.717) is 0 Å². The van der Waals surface area contributed by atoms with Gasteiger partial charge in [-0.05, 0) is 13.1 Å². The van der Waals surface area contributed by atoms with Gasteiger partial charge in [0.15, 0.2) is 5.69 Å². The molecule has 0 atom stereocenters. The number of rotatable bonds is 2. The van der Waals surface area contributed by atoms with E-state index in [-0.39, 0.29) is 24.8 Å². The minimum atomic E-state index is 0. The van der Waals surface area contributed by atoms with Gasteiger partial charge < -0.3 is 5.32 Å². The van der Waals surface area contributed by atoms with Gasteiger partial charge in [0, 0.05) is 26.2 Å². The Kier molecular flexibility index (Phi) is 7.00. The van der Waals surface area contributed by atoms with Crippen molar-refractivity contribution in [2.45, 2.75) is 0 Å². The van der Waals surface area contributed by atoms with Crippen LogP contribution in [0.1, 0.15) is 0 Å². The Bertz CT molecular complexity index is 363. The zero-order valence-electron chi connectivity index (χ0n) is 11.3. The maximum Gasteiger partial charge on any atom is 0.156 e. The molecule has 2 rings (SSSR count). The first-order chi connectivity index (χ1) is 7.65. The molecule has 0 bridgehead atoms. The maximum absolute atomic E-state index is 3.30. The molecular weight excluding hydrogens is 269 g/mol. The second kappa shape index (κ2) is 7.19. The van der Waals surface area contributed by atoms with Crippen LogP contribution in [-0.2, 0) is 0 Å². The third-order valence-electron chi connectivity index (χ3n) is 3.71. The summed E-state index contributed by atoms with van der Waals surface area (Å²) in [6.07, 6.45) is 0. The first kappa shape index (κ1) is 17.5. The number of anilines is 1. The van der Waals surface area contributed by atoms with Crippen LogP contribution >= 0.6 is 24.8 Å². The van der Waals surface area contributed by atoms with Crippen molar-refractivity contribution in [3.8, 4) is 0 Å². The Morgan fingerprint density at radius 2 is 1.67 bits per heavy atom. The lowest BCUT2D eigenvalue weighted by molar-refractivity contribution is 0.182. The third-order valence-corrected chi connectivity index (χ3v) is 3.71. The summed E-state index contributed by atoms with van der Waals surface area (Å²) >= 11 is 0. The van der Waals surface area contributed by atoms with Crippen molar-refractivity contribution in [1.29, 1.82) is 0 Å². The largest absolute Gasteiger partial charge is 0.383 e. The summed E-state index contributed by atoms with van der Waals surface area (Å²) in [5.41, 5.74) is 2.67. The molecule has 1 N–H and O–H groups in total. The van der Waals surface area contributed by atoms with Crippen LogP contribution in [0.25, 0.3) is 0 Å². The quantitative estimate of drug-likeness (QED) is 0.843. The van der Waals surface area contributed by atoms with Crippen molar-refractivity contribution in [1.82, 2.24) is 9.38 Å². The standard InChI is InChI=1S/C13H22N3.2ClH/c1-14-12-6-4-5-7-13(12)16(3)10-8-15(2)9-11-16;;/h4-7,14H,8-11H2,1-3H3;2*1H/q+1;;. The fourth-order valence-electron chi connectivity index (χ4n) is 2.40. The number of hydrogen-bond donors (Lipinski definition) is 1. The van der Waals surface area contributed by atoms with Gasteiger partial charge >= 0.3 is 0 Å². The molecule has 1 aromatic rings. The van der Waals surface area contributed by atoms with Crippen molar-refractivity contribution in [3.05, 3.63) is 24.3 Å². The van der Waals surface area contributed by atoms with E-state index in [0.717, 1.165) is 4.48 Å². The van der Waals surface area contributed by atoms with Crippen LogP contribution in [-0.4, -0.2) is 52.2 Å². The van der Waals surface area contributed by atoms with E-state index in [9.17, 15) is 0 Å². The number of para-hydroxylation sites is 2. The Morgan fingerprint density at radius 3 is 2.22 bits per heavy atom. The van der Waals surface area contributed by atoms with Crippen LogP contribution in [0, 0.1) is 0 Å². The average Bonchev–Trinajstić information content (AvgIpc) is 2.33. The van der Waals surface area contributed by atoms with Crippen LogP contribution in [0.15, 0.2) is 24.3 Å². The Hall–Kier alpha value is -0.480. The summed E-state index contributed by atoms with van der Waals surface area (Å²) in [7, 11) is 6.54. The van der Waals surface area contributed by atoms with Crippen LogP contribution in [0.3, 0.4) is 0 Å². The van der Waals surface area contributed by atoms with Crippen LogP contribution in [0.2, 0.25) is 0 Å². The number of nitrogens with zero attached hydrogens (tertiary/aromatic N) is 2. The summed E-state index contributed by atoms with van der Waals surface area (Å²) in [6, 6.07) is 8.64. The number of likely N-dealkylation sites (N-methyl/N-ethyl adjacent to an activating group) is 2. The smallest absolute Gasteiger partial charge is 0.156 e. The molecule has 0 spiro atoms. The van der Waals surface area contributed by atoms with E-state index in [1.165, 1.54) is 37.6 Å². The number of hydrogen-bond acceptors (Lipinski definition) is 2. The third kappa shape index (κ3) is 3.51. The highest BCUT2D eigenvalue weighted by Gasteiger charge is 2.31. The fraction of sp³-hybridized carbons (Fsp3) is 0.538. The highest BCUT2D eigenvalue weighted by atomic mass is 35.5. The summed E-state index contributed by atoms with van der Waals surface area (Å²) < 4.78 is 1.04. The number of benzene rings is 1. The summed E-state index contributed by atoms with van der Waals surface area (Å²) in [4.78, 5) is 2.40. The molecule has 1 saturated heterocycles. The van der Waals surface area contributed by atoms with Gasteiger partial charge in [-0.25, -0.2) is 0 Å². The molecule has 5 heteroatoms. The van der Waals surface area contributed by atoms with Crippen LogP contribution in [0.5, 0.6) is 0 Å². The molecule has 1 heterocycles. The molecule has 18 heavy (non-hydrogen) atoms. The monoisotopic (exact) mass is 292 g/mol. The topological polar surface area (TPSA) is 15.3 Å². The second-order valence-electron chi connectivity index (χ2n) is 4.91. The van der Waals surface area contributed by atoms with E-state index in [1.54, 1.807) is 0 Å². The lowest BCUT2D eigenvalue weighted by atomic mass is 10.1. The molecule has 0 saturated carbocycles. The van der Waals surface area contributed by atoms with Gasteiger partial charge in [0.25, 0.3) is 0 Å². The van der Waals surface area contributed by atoms with Crippen molar-refractivity contribution in [2.24, 2.45) is 0 Å². The van der Waals surface area contributed by atoms with E-state index >= 15 is 0 Å². The van der Waals surface area contributed by atoms with Crippen molar-refractivity contribution >= 4 is 36.2 Å². The average molecular weight is 293 g/mol. The maximum atomic E-state index is 3.30. The van der Waals surface area contributed by atoms with Crippen molar-refractivity contribution in [2.75, 3.05) is 52.6 Å². The zero-order valence-corrected chi connectivity index (χ0v) is 13.0. The predicted octanol–water partition coefficient (Wildman–Crippen LogP) is 2.45. The first-order valence-corrected chi connectivity index (χ1v) is 5.96. The van der Waals surface area contributed by atoms with Crippen molar-refractivity contribution in [3.63, 3.8) is 0 Å².